The van der Waals surface area contributed by atoms with Gasteiger partial charge >= 0.3 is 65.8 Å². The van der Waals surface area contributed by atoms with E-state index in [2.05, 4.69) is 114 Å². The van der Waals surface area contributed by atoms with Gasteiger partial charge in [-0.15, -0.1) is 58.8 Å². The molecule has 26 nitrogen and oxygen atoms in total. The Balaban J connectivity index is 0.000000469. The molecule has 6 aromatic rings. The van der Waals surface area contributed by atoms with E-state index in [1.807, 2.05) is 131 Å². The number of esters is 10. The van der Waals surface area contributed by atoms with Crippen LogP contribution in [0.15, 0.2) is 198 Å². The number of benzene rings is 6. The molecule has 0 atom stereocenters. The Bertz CT molecular complexity index is 4450. The second kappa shape index (κ2) is 61.1. The maximum Gasteiger partial charge on any atom is 0.411 e. The fourth-order valence-corrected chi connectivity index (χ4v) is 17.7. The number of hydrogen-bond donors (Lipinski definition) is 2. The van der Waals surface area contributed by atoms with Crippen LogP contribution in [0.3, 0.4) is 0 Å². The average Bonchev–Trinajstić information content (AvgIpc) is 0.857. The van der Waals surface area contributed by atoms with E-state index < -0.39 is 59.3 Å². The fourth-order valence-electron chi connectivity index (χ4n) is 10.6. The first-order valence-corrected chi connectivity index (χ1v) is 50.6. The predicted molar refractivity (Wildman–Crippen MR) is 522 cm³/mol. The standard InChI is InChI=1S/C56H60N2O6S6.C40H60O18S3/c1-37-11-13-39(33-40(37)35-52(60)67-46-19-15-42(16-20-46)65-44-23-27-48(28-24-44)69-55(3,4)5)34-51(59)63-31-9-10-32-64-53(61)57-41-14-12-38(2)50(36-41)58-54(62)68-47-21-17-43(18-22-47)66-45-25-29-49(30-26-45)70-56(6,7)8;1-7-30(41)50-15-17-53-33(44)11-21-59-24-36(47)56-27-40(9-3,28-57-37(48)25-60-22-12-34(45)54-18-16-51-31(42)8-2)29-58-38(49)26-61-23-13-35(46)55-20-19-52-32(43)10-14-39(4,5)6/h11-30,33,36H,9-10,31-32,34-35H2,1-8H3,(H,57,61)(H,58,62);7-8H,1-2,9-29H2,3-6H3. The summed E-state index contributed by atoms with van der Waals surface area (Å²) >= 11 is 12.7. The molecule has 712 valence electrons. The third-order valence-electron chi connectivity index (χ3n) is 17.5. The molecule has 0 saturated carbocycles. The minimum atomic E-state index is -1.13. The van der Waals surface area contributed by atoms with Gasteiger partial charge in [0.15, 0.2) is 5.12 Å². The zero-order valence-electron chi connectivity index (χ0n) is 76.3. The van der Waals surface area contributed by atoms with Gasteiger partial charge in [-0.1, -0.05) is 142 Å². The molecule has 0 saturated heterocycles. The first kappa shape index (κ1) is 113. The van der Waals surface area contributed by atoms with E-state index in [4.69, 9.17) is 52.1 Å². The minimum Gasteiger partial charge on any atom is -0.465 e. The second-order valence-corrected chi connectivity index (χ2v) is 43.9. The van der Waals surface area contributed by atoms with E-state index in [0.29, 0.717) is 30.6 Å². The molecule has 0 aromatic heterocycles. The van der Waals surface area contributed by atoms with Gasteiger partial charge in [0.05, 0.1) is 61.6 Å². The Morgan fingerprint density at radius 2 is 0.748 bits per heavy atom. The highest BCUT2D eigenvalue weighted by atomic mass is 32.2. The summed E-state index contributed by atoms with van der Waals surface area (Å²) in [4.78, 5) is 168. The number of ether oxygens (including phenoxy) is 11. The van der Waals surface area contributed by atoms with Crippen LogP contribution in [0.1, 0.15) is 143 Å². The second-order valence-electron chi connectivity index (χ2n) is 32.3. The maximum absolute atomic E-state index is 13.1. The monoisotopic (exact) mass is 1970 g/mol. The van der Waals surface area contributed by atoms with E-state index in [1.54, 1.807) is 42.6 Å². The predicted octanol–water partition coefficient (Wildman–Crippen LogP) is 20.5. The lowest BCUT2D eigenvalue weighted by Crippen LogP contribution is -2.39. The van der Waals surface area contributed by atoms with Crippen LogP contribution in [0.4, 0.5) is 21.0 Å². The van der Waals surface area contributed by atoms with Gasteiger partial charge in [-0.2, -0.15) is 0 Å². The largest absolute Gasteiger partial charge is 0.465 e. The highest BCUT2D eigenvalue weighted by Gasteiger charge is 2.35. The lowest BCUT2D eigenvalue weighted by atomic mass is 9.88. The summed E-state index contributed by atoms with van der Waals surface area (Å²) in [6, 6.07) is 44.1. The number of carbonyl (C=O) groups excluding carboxylic acids is 13. The Labute approximate surface area is 807 Å². The Kier molecular flexibility index (Phi) is 52.5. The van der Waals surface area contributed by atoms with Crippen molar-refractivity contribution in [2.75, 3.05) is 118 Å². The summed E-state index contributed by atoms with van der Waals surface area (Å²) in [7, 11) is 0. The number of rotatable bonds is 54. The van der Waals surface area contributed by atoms with Crippen molar-refractivity contribution in [2.24, 2.45) is 10.8 Å². The zero-order chi connectivity index (χ0) is 96.2. The first-order valence-electron chi connectivity index (χ1n) is 42.3. The molecule has 35 heteroatoms. The van der Waals surface area contributed by atoms with Crippen LogP contribution in [0, 0.1) is 24.7 Å². The molecule has 0 aliphatic carbocycles. The summed E-state index contributed by atoms with van der Waals surface area (Å²) < 4.78 is 57.1. The van der Waals surface area contributed by atoms with E-state index >= 15 is 0 Å². The summed E-state index contributed by atoms with van der Waals surface area (Å²) in [5.41, 5.74) is 3.41. The van der Waals surface area contributed by atoms with Crippen molar-refractivity contribution in [1.82, 2.24) is 0 Å². The van der Waals surface area contributed by atoms with Crippen LogP contribution in [-0.2, 0) is 118 Å². The fraction of sp³-hybridized carbons (Fsp3) is 0.448. The van der Waals surface area contributed by atoms with Gasteiger partial charge < -0.3 is 57.4 Å². The Morgan fingerprint density at radius 3 is 1.15 bits per heavy atom. The topological polar surface area (TPSA) is 347 Å². The molecule has 6 aromatic carbocycles. The number of amides is 2. The molecule has 0 bridgehead atoms. The average molecular weight is 1970 g/mol. The molecule has 0 fully saturated rings. The molecule has 131 heavy (non-hydrogen) atoms. The van der Waals surface area contributed by atoms with Crippen molar-refractivity contribution < 1.29 is 114 Å². The third kappa shape index (κ3) is 52.3. The van der Waals surface area contributed by atoms with Crippen molar-refractivity contribution in [3.63, 3.8) is 0 Å². The van der Waals surface area contributed by atoms with Crippen molar-refractivity contribution in [3.05, 3.63) is 181 Å². The quantitative estimate of drug-likeness (QED) is 0.0118. The van der Waals surface area contributed by atoms with Gasteiger partial charge in [-0.25, -0.2) is 14.4 Å². The van der Waals surface area contributed by atoms with E-state index in [9.17, 15) is 62.3 Å². The summed E-state index contributed by atoms with van der Waals surface area (Å²) in [5.74, 6) is -5.18. The summed E-state index contributed by atoms with van der Waals surface area (Å²) in [5, 5.41) is 5.44. The minimum absolute atomic E-state index is 0.000436. The zero-order valence-corrected chi connectivity index (χ0v) is 83.7. The van der Waals surface area contributed by atoms with Crippen molar-refractivity contribution in [1.29, 1.82) is 0 Å². The van der Waals surface area contributed by atoms with Crippen LogP contribution >= 0.6 is 106 Å². The number of carbonyl (C=O) groups is 13. The molecular weight excluding hydrogens is 1850 g/mol. The number of aryl methyl sites for hydroxylation is 2. The van der Waals surface area contributed by atoms with Gasteiger partial charge in [-0.05, 0) is 188 Å². The van der Waals surface area contributed by atoms with E-state index in [0.717, 1.165) is 111 Å². The van der Waals surface area contributed by atoms with Crippen molar-refractivity contribution in [2.45, 2.75) is 196 Å². The lowest BCUT2D eigenvalue weighted by molar-refractivity contribution is -0.159. The number of anilines is 2. The van der Waals surface area contributed by atoms with Gasteiger partial charge in [0, 0.05) is 102 Å². The molecular formula is C96H120N2O24S9. The molecule has 6 rings (SSSR count). The van der Waals surface area contributed by atoms with E-state index in [1.165, 1.54) is 21.6 Å². The molecule has 2 amide bonds. The van der Waals surface area contributed by atoms with Crippen LogP contribution < -0.4 is 10.6 Å². The van der Waals surface area contributed by atoms with Gasteiger partial charge in [0.1, 0.15) is 59.5 Å². The molecule has 2 N–H and O–H groups in total. The first-order chi connectivity index (χ1) is 62.2. The number of unbranched alkanes of at least 4 members (excludes halogenated alkanes) is 1. The molecule has 0 aliphatic heterocycles. The molecule has 0 unspecified atom stereocenters. The summed E-state index contributed by atoms with van der Waals surface area (Å²) in [6.45, 7) is 30.2. The van der Waals surface area contributed by atoms with Crippen LogP contribution in [-0.4, -0.2) is 193 Å². The third-order valence-corrected chi connectivity index (χ3v) is 26.2. The lowest BCUT2D eigenvalue weighted by Gasteiger charge is -2.31. The van der Waals surface area contributed by atoms with Crippen LogP contribution in [0.5, 0.6) is 0 Å². The number of nitrogens with one attached hydrogen (secondary N) is 2. The van der Waals surface area contributed by atoms with Crippen molar-refractivity contribution in [3.8, 4) is 0 Å². The smallest absolute Gasteiger partial charge is 0.411 e. The maximum atomic E-state index is 13.1. The normalized spacial score (nSPS) is 11.2. The highest BCUT2D eigenvalue weighted by Crippen LogP contribution is 2.38. The SMILES string of the molecule is C=CC(=O)OCCOC(=O)CCSCC(=O)OCC(CC)(COC(=O)CSCCC(=O)OCCOC(=O)C=C)COC(=O)CSCCC(=O)OCCOC(=O)CCC(C)(C)C.Cc1ccc(CC(=O)OCCCCOC(=O)Nc2ccc(C)c(NC(=O)Sc3ccc(Sc4ccc(SC(C)(C)C)cc4)cc3)c2)cc1CC(=O)Sc1ccc(Sc2ccc(SC(C)(C)C)cc2)cc1. The van der Waals surface area contributed by atoms with Crippen LogP contribution in [0.2, 0.25) is 0 Å². The number of thioether (sulfide) groups is 7. The molecule has 0 spiro atoms. The summed E-state index contributed by atoms with van der Waals surface area (Å²) in [6.07, 6.45) is 3.84. The molecule has 0 heterocycles. The molecule has 0 aliphatic rings. The van der Waals surface area contributed by atoms with Gasteiger partial charge in [0.25, 0.3) is 5.24 Å². The van der Waals surface area contributed by atoms with E-state index in [-0.39, 0.29) is 189 Å². The highest BCUT2D eigenvalue weighted by molar-refractivity contribution is 8.14. The van der Waals surface area contributed by atoms with Gasteiger partial charge in [-0.3, -0.25) is 53.3 Å². The number of hydrogen-bond acceptors (Lipinski definition) is 33. The Morgan fingerprint density at radius 1 is 0.374 bits per heavy atom. The van der Waals surface area contributed by atoms with Gasteiger partial charge in [0.2, 0.25) is 0 Å². The Hall–Kier alpha value is -8.94. The van der Waals surface area contributed by atoms with Crippen molar-refractivity contribution >= 4 is 193 Å². The van der Waals surface area contributed by atoms with Crippen LogP contribution in [0.25, 0.3) is 0 Å². The molecule has 0 radical (unpaired) electrons.